The lowest BCUT2D eigenvalue weighted by Gasteiger charge is -2.09. The highest BCUT2D eigenvalue weighted by Crippen LogP contribution is 2.06. The molecule has 0 saturated carbocycles. The summed E-state index contributed by atoms with van der Waals surface area (Å²) >= 11 is 0. The average Bonchev–Trinajstić information content (AvgIpc) is 2.01. The molecule has 3 heteroatoms. The van der Waals surface area contributed by atoms with Crippen molar-refractivity contribution in [3.8, 4) is 0 Å². The van der Waals surface area contributed by atoms with Crippen molar-refractivity contribution in [1.82, 2.24) is 0 Å². The van der Waals surface area contributed by atoms with Crippen LogP contribution in [0.1, 0.15) is 26.7 Å². The number of aliphatic carboxylic acids is 1. The maximum atomic E-state index is 10.3. The van der Waals surface area contributed by atoms with E-state index in [0.717, 1.165) is 6.42 Å². The monoisotopic (exact) mass is 185 g/mol. The van der Waals surface area contributed by atoms with Gasteiger partial charge in [-0.05, 0) is 25.3 Å². The van der Waals surface area contributed by atoms with E-state index in [1.165, 1.54) is 6.08 Å². The molecule has 0 aromatic rings. The van der Waals surface area contributed by atoms with E-state index in [0.29, 0.717) is 18.3 Å². The molecule has 0 aliphatic heterocycles. The van der Waals surface area contributed by atoms with E-state index in [4.69, 9.17) is 9.84 Å². The van der Waals surface area contributed by atoms with Crippen molar-refractivity contribution in [2.24, 2.45) is 5.92 Å². The van der Waals surface area contributed by atoms with Crippen molar-refractivity contribution in [2.75, 3.05) is 6.61 Å². The van der Waals surface area contributed by atoms with Crippen LogP contribution in [0.4, 0.5) is 0 Å². The Morgan fingerprint density at radius 3 is 2.62 bits per heavy atom. The fraction of sp³-hybridized carbons (Fsp3) is 0.600. The minimum absolute atomic E-state index is 0.0818. The van der Waals surface area contributed by atoms with Crippen molar-refractivity contribution in [2.45, 2.75) is 26.7 Å². The van der Waals surface area contributed by atoms with Gasteiger partial charge in [0.25, 0.3) is 0 Å². The van der Waals surface area contributed by atoms with E-state index >= 15 is 0 Å². The van der Waals surface area contributed by atoms with E-state index in [9.17, 15) is 4.79 Å². The lowest BCUT2D eigenvalue weighted by atomic mass is 10.1. The second-order valence-electron chi connectivity index (χ2n) is 3.27. The van der Waals surface area contributed by atoms with Gasteiger partial charge in [-0.1, -0.05) is 13.8 Å². The summed E-state index contributed by atoms with van der Waals surface area (Å²) < 4.78 is 5.23. The Morgan fingerprint density at radius 2 is 2.23 bits per heavy atom. The molecule has 1 N–H and O–H groups in total. The lowest BCUT2D eigenvalue weighted by molar-refractivity contribution is -0.136. The predicted octanol–water partition coefficient (Wildman–Crippen LogP) is 2.24. The number of rotatable bonds is 6. The number of allylic oxidation sites excluding steroid dienone is 1. The first-order chi connectivity index (χ1) is 6.06. The summed E-state index contributed by atoms with van der Waals surface area (Å²) in [6.45, 7) is 8.23. The van der Waals surface area contributed by atoms with Crippen LogP contribution in [-0.2, 0) is 9.53 Å². The normalized spacial score (nSPS) is 11.8. The van der Waals surface area contributed by atoms with Crippen LogP contribution in [-0.4, -0.2) is 17.7 Å². The zero-order valence-corrected chi connectivity index (χ0v) is 8.25. The molecule has 0 fully saturated rings. The highest BCUT2D eigenvalue weighted by molar-refractivity contribution is 5.69. The topological polar surface area (TPSA) is 46.5 Å². The number of carboxylic acid groups (broad SMARTS) is 1. The van der Waals surface area contributed by atoms with Crippen molar-refractivity contribution in [3.05, 3.63) is 18.8 Å². The van der Waals surface area contributed by atoms with E-state index in [1.54, 1.807) is 0 Å². The summed E-state index contributed by atoms with van der Waals surface area (Å²) in [5, 5.41) is 8.47. The molecule has 0 aliphatic carbocycles. The van der Waals surface area contributed by atoms with Crippen LogP contribution in [0.2, 0.25) is 0 Å². The highest BCUT2D eigenvalue weighted by atomic mass is 16.5. The van der Waals surface area contributed by atoms with Crippen molar-refractivity contribution in [1.29, 1.82) is 0 Å². The Bertz CT molecular complexity index is 183. The number of carboxylic acids is 1. The lowest BCUT2D eigenvalue weighted by Crippen LogP contribution is -2.03. The fourth-order valence-electron chi connectivity index (χ4n) is 0.757. The molecule has 0 unspecified atom stereocenters. The van der Waals surface area contributed by atoms with Gasteiger partial charge in [0.15, 0.2) is 0 Å². The van der Waals surface area contributed by atoms with Gasteiger partial charge in [-0.2, -0.15) is 0 Å². The van der Waals surface area contributed by atoms with E-state index in [2.05, 4.69) is 20.8 Å². The van der Waals surface area contributed by atoms with Gasteiger partial charge in [-0.15, -0.1) is 0 Å². The first kappa shape index (κ1) is 12.0. The minimum Gasteiger partial charge on any atom is -0.498 e. The number of hydrogen-bond donors (Lipinski definition) is 1. The Balaban J connectivity index is 3.68. The van der Waals surface area contributed by atoms with Gasteiger partial charge >= 0.3 is 5.97 Å². The molecule has 0 aromatic heterocycles. The zero-order valence-electron chi connectivity index (χ0n) is 8.25. The summed E-state index contributed by atoms with van der Waals surface area (Å²) in [4.78, 5) is 10.3. The van der Waals surface area contributed by atoms with Crippen LogP contribution in [0, 0.1) is 12.8 Å². The summed E-state index contributed by atoms with van der Waals surface area (Å²) in [6.07, 6.45) is 2.30. The van der Waals surface area contributed by atoms with Crippen LogP contribution in [0.5, 0.6) is 0 Å². The first-order valence-corrected chi connectivity index (χ1v) is 4.39. The fourth-order valence-corrected chi connectivity index (χ4v) is 0.757. The second kappa shape index (κ2) is 6.52. The van der Waals surface area contributed by atoms with Gasteiger partial charge in [-0.3, -0.25) is 4.79 Å². The molecule has 0 rings (SSSR count). The summed E-state index contributed by atoms with van der Waals surface area (Å²) in [5.41, 5.74) is 0. The van der Waals surface area contributed by atoms with Crippen LogP contribution < -0.4 is 0 Å². The van der Waals surface area contributed by atoms with Gasteiger partial charge in [-0.25, -0.2) is 0 Å². The Labute approximate surface area is 79.4 Å². The third-order valence-corrected chi connectivity index (χ3v) is 1.54. The standard InChI is InChI=1S/C10H17O3/c1-4-9(7-10(11)12)13-6-5-8(2)3/h4,8H,1,5-7H2,2-3H3,(H,11,12). The highest BCUT2D eigenvalue weighted by Gasteiger charge is 2.04. The third kappa shape index (κ3) is 7.37. The molecule has 0 spiro atoms. The summed E-state index contributed by atoms with van der Waals surface area (Å²) in [6, 6.07) is 0. The molecule has 0 saturated heterocycles. The molecule has 0 aliphatic rings. The molecule has 0 bridgehead atoms. The SMILES string of the molecule is [CH2]C=C(CC(=O)O)OCCC(C)C. The maximum Gasteiger partial charge on any atom is 0.311 e. The molecular formula is C10H17O3. The average molecular weight is 185 g/mol. The molecule has 0 amide bonds. The number of hydrogen-bond acceptors (Lipinski definition) is 2. The van der Waals surface area contributed by atoms with E-state index in [-0.39, 0.29) is 6.42 Å². The molecule has 0 aromatic carbocycles. The minimum atomic E-state index is -0.889. The number of ether oxygens (including phenoxy) is 1. The van der Waals surface area contributed by atoms with Gasteiger partial charge < -0.3 is 9.84 Å². The molecular weight excluding hydrogens is 168 g/mol. The Hall–Kier alpha value is -0.990. The molecule has 0 heterocycles. The van der Waals surface area contributed by atoms with Gasteiger partial charge in [0.2, 0.25) is 0 Å². The summed E-state index contributed by atoms with van der Waals surface area (Å²) in [7, 11) is 0. The maximum absolute atomic E-state index is 10.3. The zero-order chi connectivity index (χ0) is 10.3. The third-order valence-electron chi connectivity index (χ3n) is 1.54. The van der Waals surface area contributed by atoms with Crippen LogP contribution in [0.25, 0.3) is 0 Å². The molecule has 13 heavy (non-hydrogen) atoms. The molecule has 0 atom stereocenters. The quantitative estimate of drug-likeness (QED) is 0.645. The van der Waals surface area contributed by atoms with Gasteiger partial charge in [0.1, 0.15) is 12.2 Å². The van der Waals surface area contributed by atoms with E-state index < -0.39 is 5.97 Å². The predicted molar refractivity (Wildman–Crippen MR) is 51.1 cm³/mol. The van der Waals surface area contributed by atoms with Crippen molar-refractivity contribution in [3.63, 3.8) is 0 Å². The smallest absolute Gasteiger partial charge is 0.311 e. The van der Waals surface area contributed by atoms with Gasteiger partial charge in [0.05, 0.1) is 6.61 Å². The molecule has 1 radical (unpaired) electrons. The molecule has 75 valence electrons. The Kier molecular flexibility index (Phi) is 6.02. The first-order valence-electron chi connectivity index (χ1n) is 4.39. The van der Waals surface area contributed by atoms with Crippen LogP contribution in [0.3, 0.4) is 0 Å². The molecule has 3 nitrogen and oxygen atoms in total. The summed E-state index contributed by atoms with van der Waals surface area (Å²) in [5.74, 6) is 0.114. The Morgan fingerprint density at radius 1 is 1.62 bits per heavy atom. The second-order valence-corrected chi connectivity index (χ2v) is 3.27. The van der Waals surface area contributed by atoms with Gasteiger partial charge in [0, 0.05) is 0 Å². The largest absolute Gasteiger partial charge is 0.498 e. The van der Waals surface area contributed by atoms with E-state index in [1.807, 2.05) is 0 Å². The number of carbonyl (C=O) groups is 1. The van der Waals surface area contributed by atoms with Crippen molar-refractivity contribution < 1.29 is 14.6 Å². The van der Waals surface area contributed by atoms with Crippen LogP contribution >= 0.6 is 0 Å². The van der Waals surface area contributed by atoms with Crippen LogP contribution in [0.15, 0.2) is 11.8 Å². The van der Waals surface area contributed by atoms with Crippen molar-refractivity contribution >= 4 is 5.97 Å².